The number of anilines is 1. The van der Waals surface area contributed by atoms with Crippen LogP contribution in [0.3, 0.4) is 0 Å². The molecule has 0 radical (unpaired) electrons. The van der Waals surface area contributed by atoms with Crippen molar-refractivity contribution in [3.05, 3.63) is 77.7 Å². The Hall–Kier alpha value is -3.74. The molecule has 0 spiro atoms. The van der Waals surface area contributed by atoms with Crippen LogP contribution in [0.2, 0.25) is 0 Å². The fourth-order valence-electron chi connectivity index (χ4n) is 3.04. The first kappa shape index (κ1) is 22.0. The number of benzene rings is 2. The van der Waals surface area contributed by atoms with Crippen LogP contribution in [0.1, 0.15) is 16.7 Å². The third kappa shape index (κ3) is 5.88. The van der Waals surface area contributed by atoms with Crippen molar-refractivity contribution in [2.45, 2.75) is 13.1 Å². The van der Waals surface area contributed by atoms with E-state index in [1.165, 1.54) is 0 Å². The molecule has 2 aromatic carbocycles. The van der Waals surface area contributed by atoms with Crippen molar-refractivity contribution in [1.29, 1.82) is 0 Å². The Bertz CT molecular complexity index is 939. The molecular weight excluding hydrogens is 394 g/mol. The first-order valence-electron chi connectivity index (χ1n) is 9.78. The Balaban J connectivity index is 1.92. The Morgan fingerprint density at radius 3 is 1.77 bits per heavy atom. The van der Waals surface area contributed by atoms with E-state index in [1.807, 2.05) is 48.5 Å². The molecule has 3 aromatic rings. The van der Waals surface area contributed by atoms with E-state index in [-0.39, 0.29) is 0 Å². The molecule has 1 heterocycles. The summed E-state index contributed by atoms with van der Waals surface area (Å²) in [6, 6.07) is 15.9. The van der Waals surface area contributed by atoms with Gasteiger partial charge in [-0.15, -0.1) is 0 Å². The highest BCUT2D eigenvalue weighted by atomic mass is 16.5. The van der Waals surface area contributed by atoms with E-state index < -0.39 is 0 Å². The van der Waals surface area contributed by atoms with Crippen LogP contribution < -0.4 is 19.1 Å². The van der Waals surface area contributed by atoms with Gasteiger partial charge in [-0.2, -0.15) is 4.98 Å². The molecule has 31 heavy (non-hydrogen) atoms. The SMILES string of the molecule is CO/C=C/c1cnc(N(Cc2ccc(OC)cc2)Cc2ccc(OC)cc2)nc1OC. The van der Waals surface area contributed by atoms with Crippen molar-refractivity contribution in [2.75, 3.05) is 33.3 Å². The Labute approximate surface area is 182 Å². The second-order valence-electron chi connectivity index (χ2n) is 6.73. The predicted octanol–water partition coefficient (Wildman–Crippen LogP) is 4.33. The number of ether oxygens (including phenoxy) is 4. The third-order valence-electron chi connectivity index (χ3n) is 4.69. The minimum absolute atomic E-state index is 0.479. The molecule has 0 amide bonds. The second kappa shape index (κ2) is 10.9. The maximum atomic E-state index is 5.48. The molecule has 0 unspecified atom stereocenters. The third-order valence-corrected chi connectivity index (χ3v) is 4.69. The van der Waals surface area contributed by atoms with Crippen LogP contribution in [0, 0.1) is 0 Å². The topological polar surface area (TPSA) is 65.9 Å². The second-order valence-corrected chi connectivity index (χ2v) is 6.73. The van der Waals surface area contributed by atoms with E-state index in [2.05, 4.69) is 14.9 Å². The normalized spacial score (nSPS) is 10.7. The van der Waals surface area contributed by atoms with Gasteiger partial charge in [-0.25, -0.2) is 4.98 Å². The fraction of sp³-hybridized carbons (Fsp3) is 0.250. The van der Waals surface area contributed by atoms with Crippen molar-refractivity contribution >= 4 is 12.0 Å². The lowest BCUT2D eigenvalue weighted by Gasteiger charge is -2.24. The van der Waals surface area contributed by atoms with E-state index in [1.54, 1.807) is 47.0 Å². The van der Waals surface area contributed by atoms with Crippen molar-refractivity contribution in [3.8, 4) is 17.4 Å². The summed E-state index contributed by atoms with van der Waals surface area (Å²) in [6.07, 6.45) is 5.05. The Kier molecular flexibility index (Phi) is 7.70. The maximum absolute atomic E-state index is 5.48. The molecule has 0 aliphatic carbocycles. The summed E-state index contributed by atoms with van der Waals surface area (Å²) in [4.78, 5) is 11.3. The van der Waals surface area contributed by atoms with Crippen molar-refractivity contribution in [1.82, 2.24) is 9.97 Å². The summed E-state index contributed by atoms with van der Waals surface area (Å²) < 4.78 is 21.0. The molecule has 0 aliphatic rings. The lowest BCUT2D eigenvalue weighted by atomic mass is 10.1. The molecule has 0 saturated carbocycles. The van der Waals surface area contributed by atoms with Gasteiger partial charge in [-0.05, 0) is 41.5 Å². The van der Waals surface area contributed by atoms with Gasteiger partial charge in [0, 0.05) is 19.3 Å². The number of hydrogen-bond acceptors (Lipinski definition) is 7. The molecule has 162 valence electrons. The van der Waals surface area contributed by atoms with E-state index in [0.717, 1.165) is 28.2 Å². The van der Waals surface area contributed by atoms with Crippen molar-refractivity contribution in [2.24, 2.45) is 0 Å². The van der Waals surface area contributed by atoms with Gasteiger partial charge in [0.15, 0.2) is 0 Å². The zero-order chi connectivity index (χ0) is 22.1. The number of nitrogens with zero attached hydrogens (tertiary/aromatic N) is 3. The monoisotopic (exact) mass is 421 g/mol. The van der Waals surface area contributed by atoms with Crippen LogP contribution in [0.25, 0.3) is 6.08 Å². The number of aromatic nitrogens is 2. The molecule has 3 rings (SSSR count). The standard InChI is InChI=1S/C24H27N3O4/c1-28-14-13-20-15-25-24(26-23(20)31-4)27(16-18-5-9-21(29-2)10-6-18)17-19-7-11-22(30-3)12-8-19/h5-15H,16-17H2,1-4H3/b14-13+. The number of methoxy groups -OCH3 is 4. The van der Waals surface area contributed by atoms with Gasteiger partial charge >= 0.3 is 0 Å². The smallest absolute Gasteiger partial charge is 0.229 e. The highest BCUT2D eigenvalue weighted by Crippen LogP contribution is 2.24. The number of hydrogen-bond donors (Lipinski definition) is 0. The molecule has 7 nitrogen and oxygen atoms in total. The molecule has 0 N–H and O–H groups in total. The molecule has 0 bridgehead atoms. The Morgan fingerprint density at radius 2 is 1.32 bits per heavy atom. The zero-order valence-corrected chi connectivity index (χ0v) is 18.2. The van der Waals surface area contributed by atoms with Gasteiger partial charge in [-0.1, -0.05) is 24.3 Å². The van der Waals surface area contributed by atoms with Gasteiger partial charge in [0.05, 0.1) is 40.3 Å². The van der Waals surface area contributed by atoms with Gasteiger partial charge in [0.2, 0.25) is 11.8 Å². The highest BCUT2D eigenvalue weighted by molar-refractivity contribution is 5.54. The summed E-state index contributed by atoms with van der Waals surface area (Å²) in [5.74, 6) is 2.68. The summed E-state index contributed by atoms with van der Waals surface area (Å²) in [7, 11) is 6.49. The van der Waals surface area contributed by atoms with Crippen molar-refractivity contribution in [3.63, 3.8) is 0 Å². The fourth-order valence-corrected chi connectivity index (χ4v) is 3.04. The van der Waals surface area contributed by atoms with Gasteiger partial charge in [-0.3, -0.25) is 0 Å². The van der Waals surface area contributed by atoms with Gasteiger partial charge < -0.3 is 23.8 Å². The lowest BCUT2D eigenvalue weighted by molar-refractivity contribution is 0.341. The molecular formula is C24H27N3O4. The summed E-state index contributed by atoms with van der Waals surface area (Å²) >= 11 is 0. The van der Waals surface area contributed by atoms with E-state index >= 15 is 0 Å². The summed E-state index contributed by atoms with van der Waals surface area (Å²) in [5, 5.41) is 0. The molecule has 0 atom stereocenters. The largest absolute Gasteiger partial charge is 0.504 e. The predicted molar refractivity (Wildman–Crippen MR) is 121 cm³/mol. The summed E-state index contributed by atoms with van der Waals surface area (Å²) in [6.45, 7) is 1.23. The average molecular weight is 421 g/mol. The minimum Gasteiger partial charge on any atom is -0.504 e. The van der Waals surface area contributed by atoms with E-state index in [9.17, 15) is 0 Å². The molecule has 0 fully saturated rings. The molecule has 0 aliphatic heterocycles. The first-order valence-corrected chi connectivity index (χ1v) is 9.78. The Morgan fingerprint density at radius 1 is 0.774 bits per heavy atom. The molecule has 7 heteroatoms. The quantitative estimate of drug-likeness (QED) is 0.452. The average Bonchev–Trinajstić information content (AvgIpc) is 2.83. The van der Waals surface area contributed by atoms with E-state index in [4.69, 9.17) is 18.9 Å². The van der Waals surface area contributed by atoms with Crippen LogP contribution in [0.15, 0.2) is 61.0 Å². The number of rotatable bonds is 10. The highest BCUT2D eigenvalue weighted by Gasteiger charge is 2.15. The van der Waals surface area contributed by atoms with Crippen LogP contribution in [0.5, 0.6) is 17.4 Å². The zero-order valence-electron chi connectivity index (χ0n) is 18.2. The van der Waals surface area contributed by atoms with Crippen LogP contribution in [-0.4, -0.2) is 38.4 Å². The first-order chi connectivity index (χ1) is 15.2. The van der Waals surface area contributed by atoms with Crippen LogP contribution >= 0.6 is 0 Å². The lowest BCUT2D eigenvalue weighted by Crippen LogP contribution is -2.24. The molecule has 1 aromatic heterocycles. The van der Waals surface area contributed by atoms with Gasteiger partial charge in [0.1, 0.15) is 11.5 Å². The maximum Gasteiger partial charge on any atom is 0.229 e. The summed E-state index contributed by atoms with van der Waals surface area (Å²) in [5.41, 5.74) is 2.96. The minimum atomic E-state index is 0.479. The van der Waals surface area contributed by atoms with Crippen LogP contribution in [0.4, 0.5) is 5.95 Å². The van der Waals surface area contributed by atoms with Crippen LogP contribution in [-0.2, 0) is 17.8 Å². The molecule has 0 saturated heterocycles. The van der Waals surface area contributed by atoms with Crippen molar-refractivity contribution < 1.29 is 18.9 Å². The van der Waals surface area contributed by atoms with E-state index in [0.29, 0.717) is 24.9 Å². The van der Waals surface area contributed by atoms with Gasteiger partial charge in [0.25, 0.3) is 0 Å².